The van der Waals surface area contributed by atoms with E-state index >= 15 is 0 Å². The fraction of sp³-hybridized carbons (Fsp3) is 0.800. The number of nitrogens with zero attached hydrogens (tertiary/aromatic N) is 2. The van der Waals surface area contributed by atoms with E-state index in [1.807, 2.05) is 0 Å². The Kier molecular flexibility index (Phi) is 35.1. The summed E-state index contributed by atoms with van der Waals surface area (Å²) in [7, 11) is 4.42. The zero-order chi connectivity index (χ0) is 30.6. The van der Waals surface area contributed by atoms with Crippen LogP contribution >= 0.6 is 0 Å². The average Bonchev–Trinajstić information content (AvgIpc) is 2.98. The van der Waals surface area contributed by atoms with E-state index in [0.717, 1.165) is 12.8 Å². The maximum Gasteiger partial charge on any atom is 0.0109 e. The summed E-state index contributed by atoms with van der Waals surface area (Å²) in [5.74, 6) is 0. The third-order valence-corrected chi connectivity index (χ3v) is 8.21. The molecule has 0 rings (SSSR count). The molecule has 0 heterocycles. The van der Waals surface area contributed by atoms with Crippen LogP contribution in [0.2, 0.25) is 0 Å². The summed E-state index contributed by atoms with van der Waals surface area (Å²) in [5, 5.41) is 0. The highest BCUT2D eigenvalue weighted by atomic mass is 15.2. The van der Waals surface area contributed by atoms with Gasteiger partial charge in [0.2, 0.25) is 0 Å². The molecule has 0 saturated heterocycles. The van der Waals surface area contributed by atoms with Gasteiger partial charge in [-0.2, -0.15) is 0 Å². The number of hydrogen-bond donors (Lipinski definition) is 0. The maximum atomic E-state index is 2.74. The molecule has 0 N–H and O–H groups in total. The van der Waals surface area contributed by atoms with E-state index in [0.29, 0.717) is 0 Å². The topological polar surface area (TPSA) is 6.48 Å². The summed E-state index contributed by atoms with van der Waals surface area (Å²) in [6, 6.07) is 0. The van der Waals surface area contributed by atoms with E-state index in [1.54, 1.807) is 0 Å². The van der Waals surface area contributed by atoms with Crippen molar-refractivity contribution in [2.75, 3.05) is 40.3 Å². The van der Waals surface area contributed by atoms with Gasteiger partial charge in [-0.05, 0) is 104 Å². The van der Waals surface area contributed by atoms with Crippen LogP contribution in [0.5, 0.6) is 0 Å². The van der Waals surface area contributed by atoms with Gasteiger partial charge in [-0.1, -0.05) is 140 Å². The van der Waals surface area contributed by atoms with E-state index in [2.05, 4.69) is 86.4 Å². The molecule has 0 aliphatic rings. The van der Waals surface area contributed by atoms with Gasteiger partial charge in [0.25, 0.3) is 0 Å². The highest BCUT2D eigenvalue weighted by molar-refractivity contribution is 4.93. The van der Waals surface area contributed by atoms with Crippen LogP contribution in [-0.2, 0) is 0 Å². The zero-order valence-electron chi connectivity index (χ0n) is 29.3. The van der Waals surface area contributed by atoms with Crippen LogP contribution in [0.4, 0.5) is 0 Å². The summed E-state index contributed by atoms with van der Waals surface area (Å²) in [6.45, 7) is 9.55. The number of allylic oxidation sites excluding steroid dienone is 8. The summed E-state index contributed by atoms with van der Waals surface area (Å²) in [6.07, 6.45) is 51.0. The highest BCUT2D eigenvalue weighted by Gasteiger charge is 2.05. The smallest absolute Gasteiger partial charge is 0.0109 e. The summed E-state index contributed by atoms with van der Waals surface area (Å²) >= 11 is 0. The Hall–Kier alpha value is -1.12. The fourth-order valence-electron chi connectivity index (χ4n) is 5.32. The predicted molar refractivity (Wildman–Crippen MR) is 194 cm³/mol. The van der Waals surface area contributed by atoms with Crippen LogP contribution in [0.25, 0.3) is 0 Å². The van der Waals surface area contributed by atoms with Crippen LogP contribution in [0.3, 0.4) is 0 Å². The van der Waals surface area contributed by atoms with Crippen molar-refractivity contribution in [3.63, 3.8) is 0 Å². The molecule has 0 bridgehead atoms. The zero-order valence-corrected chi connectivity index (χ0v) is 29.3. The predicted octanol–water partition coefficient (Wildman–Crippen LogP) is 12.5. The molecular weight excluding hydrogens is 508 g/mol. The first-order valence-corrected chi connectivity index (χ1v) is 18.7. The largest absolute Gasteiger partial charge is 0.308 e. The second-order valence-electron chi connectivity index (χ2n) is 12.8. The Morgan fingerprint density at radius 1 is 0.333 bits per heavy atom. The molecule has 0 spiro atoms. The van der Waals surface area contributed by atoms with Crippen LogP contribution in [0, 0.1) is 0 Å². The van der Waals surface area contributed by atoms with Crippen molar-refractivity contribution >= 4 is 0 Å². The first-order valence-electron chi connectivity index (χ1n) is 18.7. The Morgan fingerprint density at radius 3 is 1.02 bits per heavy atom. The molecular formula is C40H76N2. The Bertz CT molecular complexity index is 567. The van der Waals surface area contributed by atoms with E-state index in [1.165, 1.54) is 167 Å². The molecule has 0 saturated carbocycles. The number of likely N-dealkylation sites (N-methyl/N-ethyl adjacent to an activating group) is 1. The SMILES string of the molecule is CCCCC/C=C\C/C=C\CCCCCCCCN(CCCCCCCC/C=C\C/C=C\CCCCC)CCN(C)C. The van der Waals surface area contributed by atoms with Crippen molar-refractivity contribution in [2.45, 2.75) is 168 Å². The third kappa shape index (κ3) is 35.1. The summed E-state index contributed by atoms with van der Waals surface area (Å²) in [4.78, 5) is 5.08. The normalized spacial score (nSPS) is 12.6. The van der Waals surface area contributed by atoms with Gasteiger partial charge in [-0.25, -0.2) is 0 Å². The van der Waals surface area contributed by atoms with Gasteiger partial charge in [0.05, 0.1) is 0 Å². The van der Waals surface area contributed by atoms with Gasteiger partial charge in [0.1, 0.15) is 0 Å². The average molecular weight is 585 g/mol. The lowest BCUT2D eigenvalue weighted by molar-refractivity contribution is 0.231. The van der Waals surface area contributed by atoms with Crippen LogP contribution in [-0.4, -0.2) is 50.1 Å². The quantitative estimate of drug-likeness (QED) is 0.0559. The third-order valence-electron chi connectivity index (χ3n) is 8.21. The molecule has 0 atom stereocenters. The van der Waals surface area contributed by atoms with Gasteiger partial charge < -0.3 is 9.80 Å². The van der Waals surface area contributed by atoms with Gasteiger partial charge in [0, 0.05) is 13.1 Å². The van der Waals surface area contributed by atoms with E-state index in [9.17, 15) is 0 Å². The molecule has 0 unspecified atom stereocenters. The second kappa shape index (κ2) is 36.1. The van der Waals surface area contributed by atoms with Crippen molar-refractivity contribution in [2.24, 2.45) is 0 Å². The Balaban J connectivity index is 3.70. The molecule has 0 aromatic carbocycles. The highest BCUT2D eigenvalue weighted by Crippen LogP contribution is 2.11. The number of unbranched alkanes of at least 4 members (excludes halogenated alkanes) is 18. The van der Waals surface area contributed by atoms with Crippen molar-refractivity contribution in [1.82, 2.24) is 9.80 Å². The van der Waals surface area contributed by atoms with Crippen molar-refractivity contribution in [1.29, 1.82) is 0 Å². The van der Waals surface area contributed by atoms with Gasteiger partial charge in [0.15, 0.2) is 0 Å². The molecule has 2 heteroatoms. The maximum absolute atomic E-state index is 2.74. The molecule has 0 aromatic heterocycles. The standard InChI is InChI=1S/C40H76N2/c1-5-7-9-11-13-15-17-19-21-23-25-27-29-31-33-35-37-42(40-39-41(3)4)38-36-34-32-30-28-26-24-22-20-18-16-14-12-10-8-6-2/h13-16,19-22H,5-12,17-18,23-40H2,1-4H3/b15-13-,16-14-,21-19-,22-20-. The molecule has 0 aromatic rings. The summed E-state index contributed by atoms with van der Waals surface area (Å²) in [5.41, 5.74) is 0. The minimum atomic E-state index is 1.12. The first-order chi connectivity index (χ1) is 20.7. The lowest BCUT2D eigenvalue weighted by atomic mass is 10.1. The molecule has 2 nitrogen and oxygen atoms in total. The first kappa shape index (κ1) is 40.9. The molecule has 42 heavy (non-hydrogen) atoms. The molecule has 0 radical (unpaired) electrons. The number of rotatable bonds is 33. The van der Waals surface area contributed by atoms with E-state index < -0.39 is 0 Å². The van der Waals surface area contributed by atoms with E-state index in [4.69, 9.17) is 0 Å². The molecule has 0 aliphatic heterocycles. The number of hydrogen-bond acceptors (Lipinski definition) is 2. The molecule has 0 aliphatic carbocycles. The minimum absolute atomic E-state index is 1.12. The Labute approximate surface area is 266 Å². The fourth-order valence-corrected chi connectivity index (χ4v) is 5.32. The van der Waals surface area contributed by atoms with Crippen molar-refractivity contribution in [3.8, 4) is 0 Å². The lowest BCUT2D eigenvalue weighted by Crippen LogP contribution is -2.33. The van der Waals surface area contributed by atoms with Crippen molar-refractivity contribution < 1.29 is 0 Å². The monoisotopic (exact) mass is 585 g/mol. The Morgan fingerprint density at radius 2 is 0.667 bits per heavy atom. The molecule has 246 valence electrons. The summed E-state index contributed by atoms with van der Waals surface area (Å²) < 4.78 is 0. The minimum Gasteiger partial charge on any atom is -0.308 e. The van der Waals surface area contributed by atoms with Crippen LogP contribution in [0.15, 0.2) is 48.6 Å². The van der Waals surface area contributed by atoms with Crippen molar-refractivity contribution in [3.05, 3.63) is 48.6 Å². The van der Waals surface area contributed by atoms with Gasteiger partial charge >= 0.3 is 0 Å². The molecule has 0 fully saturated rings. The van der Waals surface area contributed by atoms with Crippen LogP contribution < -0.4 is 0 Å². The van der Waals surface area contributed by atoms with Gasteiger partial charge in [-0.15, -0.1) is 0 Å². The lowest BCUT2D eigenvalue weighted by Gasteiger charge is -2.24. The second-order valence-corrected chi connectivity index (χ2v) is 12.8. The van der Waals surface area contributed by atoms with E-state index in [-0.39, 0.29) is 0 Å². The van der Waals surface area contributed by atoms with Gasteiger partial charge in [-0.3, -0.25) is 0 Å². The van der Waals surface area contributed by atoms with Crippen LogP contribution in [0.1, 0.15) is 168 Å². The molecule has 0 amide bonds.